The highest BCUT2D eigenvalue weighted by atomic mass is 35.5. The number of aromatic nitrogens is 3. The molecule has 1 aliphatic rings. The Morgan fingerprint density at radius 3 is 2.91 bits per heavy atom. The van der Waals surface area contributed by atoms with Crippen molar-refractivity contribution in [1.29, 1.82) is 0 Å². The molecule has 0 atom stereocenters. The molecule has 4 heterocycles. The second-order valence-electron chi connectivity index (χ2n) is 6.61. The average Bonchev–Trinajstić information content (AvgIpc) is 2.84. The van der Waals surface area contributed by atoms with Crippen LogP contribution in [0.3, 0.4) is 0 Å². The molecule has 0 fully saturated rings. The molecule has 0 spiro atoms. The van der Waals surface area contributed by atoms with Gasteiger partial charge in [-0.3, -0.25) is 0 Å². The zero-order chi connectivity index (χ0) is 16.2. The molecule has 0 aliphatic carbocycles. The van der Waals surface area contributed by atoms with Gasteiger partial charge in [-0.05, 0) is 25.8 Å². The SMILES string of the molecule is CCCc1nc2sc3c(c2c2ncnc(Cl)c12)CC(C)(C)OC3. The first kappa shape index (κ1) is 15.2. The molecule has 120 valence electrons. The van der Waals surface area contributed by atoms with Gasteiger partial charge in [0, 0.05) is 16.7 Å². The lowest BCUT2D eigenvalue weighted by molar-refractivity contribution is -0.0379. The number of hydrogen-bond acceptors (Lipinski definition) is 5. The predicted molar refractivity (Wildman–Crippen MR) is 94.3 cm³/mol. The first-order valence-corrected chi connectivity index (χ1v) is 9.07. The van der Waals surface area contributed by atoms with Crippen LogP contribution in [-0.4, -0.2) is 20.6 Å². The summed E-state index contributed by atoms with van der Waals surface area (Å²) in [4.78, 5) is 16.0. The molecule has 4 rings (SSSR count). The topological polar surface area (TPSA) is 47.9 Å². The molecule has 4 nitrogen and oxygen atoms in total. The summed E-state index contributed by atoms with van der Waals surface area (Å²) in [6.07, 6.45) is 4.31. The van der Waals surface area contributed by atoms with Gasteiger partial charge >= 0.3 is 0 Å². The number of ether oxygens (including phenoxy) is 1. The lowest BCUT2D eigenvalue weighted by atomic mass is 9.93. The van der Waals surface area contributed by atoms with Crippen LogP contribution < -0.4 is 0 Å². The van der Waals surface area contributed by atoms with E-state index >= 15 is 0 Å². The first-order chi connectivity index (χ1) is 11.0. The minimum Gasteiger partial charge on any atom is -0.370 e. The van der Waals surface area contributed by atoms with E-state index < -0.39 is 0 Å². The Labute approximate surface area is 143 Å². The average molecular weight is 348 g/mol. The molecule has 6 heteroatoms. The third-order valence-electron chi connectivity index (χ3n) is 4.32. The van der Waals surface area contributed by atoms with E-state index in [4.69, 9.17) is 21.3 Å². The lowest BCUT2D eigenvalue weighted by Gasteiger charge is -2.30. The van der Waals surface area contributed by atoms with Crippen molar-refractivity contribution in [2.45, 2.75) is 52.2 Å². The summed E-state index contributed by atoms with van der Waals surface area (Å²) in [5.74, 6) is 0. The second kappa shape index (κ2) is 5.36. The van der Waals surface area contributed by atoms with Crippen LogP contribution in [0.5, 0.6) is 0 Å². The summed E-state index contributed by atoms with van der Waals surface area (Å²) < 4.78 is 5.96. The highest BCUT2D eigenvalue weighted by Gasteiger charge is 2.31. The normalized spacial score (nSPS) is 16.9. The Hall–Kier alpha value is -1.30. The van der Waals surface area contributed by atoms with Crippen molar-refractivity contribution in [2.75, 3.05) is 0 Å². The van der Waals surface area contributed by atoms with E-state index in [0.717, 1.165) is 46.1 Å². The molecule has 3 aromatic heterocycles. The number of rotatable bonds is 2. The molecule has 3 aromatic rings. The fraction of sp³-hybridized carbons (Fsp3) is 0.471. The van der Waals surface area contributed by atoms with Gasteiger partial charge in [0.15, 0.2) is 0 Å². The van der Waals surface area contributed by atoms with Crippen molar-refractivity contribution in [3.63, 3.8) is 0 Å². The van der Waals surface area contributed by atoms with Gasteiger partial charge in [-0.25, -0.2) is 15.0 Å². The predicted octanol–water partition coefficient (Wildman–Crippen LogP) is 4.70. The van der Waals surface area contributed by atoms with Gasteiger partial charge in [0.05, 0.1) is 28.8 Å². The van der Waals surface area contributed by atoms with Gasteiger partial charge in [-0.2, -0.15) is 0 Å². The van der Waals surface area contributed by atoms with E-state index in [-0.39, 0.29) is 5.60 Å². The van der Waals surface area contributed by atoms with Crippen LogP contribution >= 0.6 is 22.9 Å². The van der Waals surface area contributed by atoms with Crippen LogP contribution in [0.25, 0.3) is 21.1 Å². The van der Waals surface area contributed by atoms with Gasteiger partial charge in [0.2, 0.25) is 0 Å². The van der Waals surface area contributed by atoms with Gasteiger partial charge in [-0.1, -0.05) is 24.9 Å². The maximum absolute atomic E-state index is 6.39. The summed E-state index contributed by atoms with van der Waals surface area (Å²) in [6, 6.07) is 0. The van der Waals surface area contributed by atoms with E-state index in [1.54, 1.807) is 17.7 Å². The Kier molecular flexibility index (Phi) is 3.55. The quantitative estimate of drug-likeness (QED) is 0.630. The number of fused-ring (bicyclic) bond motifs is 5. The van der Waals surface area contributed by atoms with Crippen LogP contribution in [0, 0.1) is 0 Å². The molecular formula is C17H18ClN3OS. The van der Waals surface area contributed by atoms with Crippen molar-refractivity contribution in [3.8, 4) is 0 Å². The molecule has 0 radical (unpaired) electrons. The van der Waals surface area contributed by atoms with E-state index in [9.17, 15) is 0 Å². The fourth-order valence-corrected chi connectivity index (χ4v) is 4.64. The molecule has 0 unspecified atom stereocenters. The Bertz CT molecular complexity index is 919. The first-order valence-electron chi connectivity index (χ1n) is 7.87. The van der Waals surface area contributed by atoms with Crippen molar-refractivity contribution >= 4 is 44.1 Å². The minimum atomic E-state index is -0.160. The standard InChI is InChI=1S/C17H18ClN3OS/c1-4-5-10-13-14(19-8-20-15(13)18)12-9-6-17(2,3)22-7-11(9)23-16(12)21-10/h8H,4-7H2,1-3H3. The van der Waals surface area contributed by atoms with E-state index in [0.29, 0.717) is 11.8 Å². The number of hydrogen-bond donors (Lipinski definition) is 0. The lowest BCUT2D eigenvalue weighted by Crippen LogP contribution is -2.30. The zero-order valence-electron chi connectivity index (χ0n) is 13.4. The van der Waals surface area contributed by atoms with E-state index in [1.807, 2.05) is 0 Å². The summed E-state index contributed by atoms with van der Waals surface area (Å²) in [7, 11) is 0. The Morgan fingerprint density at radius 2 is 2.13 bits per heavy atom. The molecule has 0 saturated heterocycles. The molecule has 1 aliphatic heterocycles. The Morgan fingerprint density at radius 1 is 1.30 bits per heavy atom. The highest BCUT2D eigenvalue weighted by molar-refractivity contribution is 7.19. The van der Waals surface area contributed by atoms with Crippen molar-refractivity contribution in [2.24, 2.45) is 0 Å². The third kappa shape index (κ3) is 2.42. The van der Waals surface area contributed by atoms with Crippen molar-refractivity contribution in [3.05, 3.63) is 27.6 Å². The van der Waals surface area contributed by atoms with Crippen LogP contribution in [0.15, 0.2) is 6.33 Å². The Balaban J connectivity index is 2.10. The number of aryl methyl sites for hydroxylation is 1. The summed E-state index contributed by atoms with van der Waals surface area (Å²) in [6.45, 7) is 7.04. The number of nitrogens with zero attached hydrogens (tertiary/aromatic N) is 3. The van der Waals surface area contributed by atoms with Gasteiger partial charge in [0.1, 0.15) is 16.3 Å². The second-order valence-corrected chi connectivity index (χ2v) is 8.05. The van der Waals surface area contributed by atoms with Gasteiger partial charge in [0.25, 0.3) is 0 Å². The van der Waals surface area contributed by atoms with Crippen LogP contribution in [0.2, 0.25) is 5.15 Å². The zero-order valence-corrected chi connectivity index (χ0v) is 15.0. The highest BCUT2D eigenvalue weighted by Crippen LogP contribution is 2.42. The maximum atomic E-state index is 6.39. The number of thiophene rings is 1. The fourth-order valence-electron chi connectivity index (χ4n) is 3.27. The molecule has 0 aromatic carbocycles. The molecule has 0 saturated carbocycles. The summed E-state index contributed by atoms with van der Waals surface area (Å²) in [5, 5.41) is 2.55. The van der Waals surface area contributed by atoms with E-state index in [2.05, 4.69) is 30.7 Å². The maximum Gasteiger partial charge on any atom is 0.142 e. The van der Waals surface area contributed by atoms with Crippen LogP contribution in [-0.2, 0) is 24.2 Å². The summed E-state index contributed by atoms with van der Waals surface area (Å²) in [5.41, 5.74) is 3.09. The summed E-state index contributed by atoms with van der Waals surface area (Å²) >= 11 is 8.11. The van der Waals surface area contributed by atoms with Gasteiger partial charge < -0.3 is 4.74 Å². The van der Waals surface area contributed by atoms with Crippen molar-refractivity contribution in [1.82, 2.24) is 15.0 Å². The van der Waals surface area contributed by atoms with E-state index in [1.165, 1.54) is 10.4 Å². The van der Waals surface area contributed by atoms with Crippen LogP contribution in [0.4, 0.5) is 0 Å². The number of pyridine rings is 1. The largest absolute Gasteiger partial charge is 0.370 e. The minimum absolute atomic E-state index is 0.160. The molecule has 0 bridgehead atoms. The third-order valence-corrected chi connectivity index (χ3v) is 5.70. The molecular weight excluding hydrogens is 330 g/mol. The molecule has 0 amide bonds. The smallest absolute Gasteiger partial charge is 0.142 e. The monoisotopic (exact) mass is 347 g/mol. The van der Waals surface area contributed by atoms with Gasteiger partial charge in [-0.15, -0.1) is 11.3 Å². The van der Waals surface area contributed by atoms with Crippen molar-refractivity contribution < 1.29 is 4.74 Å². The molecule has 23 heavy (non-hydrogen) atoms. The number of halogens is 1. The van der Waals surface area contributed by atoms with Crippen LogP contribution in [0.1, 0.15) is 43.3 Å². The molecule has 0 N–H and O–H groups in total.